The maximum atomic E-state index is 11.3. The Morgan fingerprint density at radius 2 is 2.08 bits per heavy atom. The van der Waals surface area contributed by atoms with Crippen molar-refractivity contribution in [3.63, 3.8) is 0 Å². The van der Waals surface area contributed by atoms with E-state index in [9.17, 15) is 9.46 Å². The highest BCUT2D eigenvalue weighted by molar-refractivity contribution is 7.53. The molecule has 6 heteroatoms. The summed E-state index contributed by atoms with van der Waals surface area (Å²) in [5.74, 6) is -1.45. The molecule has 1 fully saturated rings. The second kappa shape index (κ2) is 4.53. The molecule has 0 spiro atoms. The molecule has 1 rings (SSSR count). The minimum absolute atomic E-state index is 0.183. The Balaban J connectivity index is 2.45. The van der Waals surface area contributed by atoms with E-state index < -0.39 is 13.4 Å². The first kappa shape index (κ1) is 11.1. The van der Waals surface area contributed by atoms with Gasteiger partial charge in [0.1, 0.15) is 0 Å². The number of aliphatic hydroxyl groups is 1. The lowest BCUT2D eigenvalue weighted by Gasteiger charge is -2.20. The van der Waals surface area contributed by atoms with Crippen molar-refractivity contribution in [1.29, 1.82) is 0 Å². The second-order valence-electron chi connectivity index (χ2n) is 3.29. The fraction of sp³-hybridized carbons (Fsp3) is 1.00. The average Bonchev–Trinajstić information content (AvgIpc) is 2.54. The minimum Gasteiger partial charge on any atom is -0.379 e. The standard InChI is InChI=1S/C7H16NO4P/c8-5-7(9)13(10,11)12-6-3-1-2-4-6/h6-7,9H,1-5,8H2,(H,10,11). The Hall–Kier alpha value is 0.0700. The van der Waals surface area contributed by atoms with Crippen LogP contribution in [-0.4, -0.2) is 28.5 Å². The molecule has 0 aliphatic heterocycles. The lowest BCUT2D eigenvalue weighted by Crippen LogP contribution is -2.22. The molecule has 0 saturated heterocycles. The molecular formula is C7H16NO4P. The SMILES string of the molecule is NCC(O)P(=O)(O)OC1CCCC1. The van der Waals surface area contributed by atoms with Gasteiger partial charge in [0.05, 0.1) is 6.10 Å². The molecule has 0 radical (unpaired) electrons. The van der Waals surface area contributed by atoms with Crippen LogP contribution in [0.5, 0.6) is 0 Å². The molecule has 1 saturated carbocycles. The smallest absolute Gasteiger partial charge is 0.357 e. The van der Waals surface area contributed by atoms with Gasteiger partial charge in [0, 0.05) is 6.54 Å². The lowest BCUT2D eigenvalue weighted by molar-refractivity contribution is 0.135. The maximum Gasteiger partial charge on any atom is 0.357 e. The van der Waals surface area contributed by atoms with Gasteiger partial charge in [-0.05, 0) is 12.8 Å². The highest BCUT2D eigenvalue weighted by atomic mass is 31.2. The molecule has 5 nitrogen and oxygen atoms in total. The molecule has 13 heavy (non-hydrogen) atoms. The number of nitrogens with two attached hydrogens (primary N) is 1. The summed E-state index contributed by atoms with van der Waals surface area (Å²) in [5, 5.41) is 9.08. The Morgan fingerprint density at radius 1 is 1.54 bits per heavy atom. The molecule has 0 aromatic carbocycles. The molecule has 1 aliphatic rings. The third-order valence-electron chi connectivity index (χ3n) is 2.19. The first-order chi connectivity index (χ1) is 6.06. The van der Waals surface area contributed by atoms with Crippen molar-refractivity contribution in [1.82, 2.24) is 0 Å². The van der Waals surface area contributed by atoms with Gasteiger partial charge in [-0.3, -0.25) is 4.57 Å². The number of hydrogen-bond acceptors (Lipinski definition) is 4. The monoisotopic (exact) mass is 209 g/mol. The minimum atomic E-state index is -3.90. The van der Waals surface area contributed by atoms with E-state index >= 15 is 0 Å². The van der Waals surface area contributed by atoms with E-state index in [-0.39, 0.29) is 12.6 Å². The highest BCUT2D eigenvalue weighted by Crippen LogP contribution is 2.49. The van der Waals surface area contributed by atoms with Gasteiger partial charge in [-0.1, -0.05) is 12.8 Å². The van der Waals surface area contributed by atoms with Crippen LogP contribution in [0.15, 0.2) is 0 Å². The topological polar surface area (TPSA) is 92.8 Å². The van der Waals surface area contributed by atoms with Crippen LogP contribution in [0.3, 0.4) is 0 Å². The third-order valence-corrected chi connectivity index (χ3v) is 3.75. The van der Waals surface area contributed by atoms with Crippen molar-refractivity contribution >= 4 is 7.60 Å². The largest absolute Gasteiger partial charge is 0.379 e. The highest BCUT2D eigenvalue weighted by Gasteiger charge is 2.33. The summed E-state index contributed by atoms with van der Waals surface area (Å²) in [7, 11) is -3.90. The normalized spacial score (nSPS) is 25.8. The number of hydrogen-bond donors (Lipinski definition) is 3. The van der Waals surface area contributed by atoms with Crippen LogP contribution in [0.1, 0.15) is 25.7 Å². The molecule has 0 heterocycles. The van der Waals surface area contributed by atoms with Gasteiger partial charge in [0.2, 0.25) is 0 Å². The van der Waals surface area contributed by atoms with Crippen LogP contribution in [0.25, 0.3) is 0 Å². The predicted molar refractivity (Wildman–Crippen MR) is 48.2 cm³/mol. The predicted octanol–water partition coefficient (Wildman–Crippen LogP) is 0.408. The van der Waals surface area contributed by atoms with Crippen molar-refractivity contribution in [3.8, 4) is 0 Å². The van der Waals surface area contributed by atoms with Crippen LogP contribution in [0, 0.1) is 0 Å². The van der Waals surface area contributed by atoms with E-state index in [4.69, 9.17) is 15.4 Å². The van der Waals surface area contributed by atoms with Crippen LogP contribution >= 0.6 is 7.60 Å². The molecule has 0 amide bonds. The van der Waals surface area contributed by atoms with Crippen molar-refractivity contribution in [2.24, 2.45) is 5.73 Å². The molecule has 1 aliphatic carbocycles. The van der Waals surface area contributed by atoms with Crippen molar-refractivity contribution in [3.05, 3.63) is 0 Å². The van der Waals surface area contributed by atoms with Crippen molar-refractivity contribution < 1.29 is 19.1 Å². The molecule has 2 atom stereocenters. The van der Waals surface area contributed by atoms with Gasteiger partial charge in [-0.2, -0.15) is 0 Å². The molecule has 0 bridgehead atoms. The molecule has 78 valence electrons. The average molecular weight is 209 g/mol. The van der Waals surface area contributed by atoms with Gasteiger partial charge >= 0.3 is 7.60 Å². The Morgan fingerprint density at radius 3 is 2.54 bits per heavy atom. The van der Waals surface area contributed by atoms with E-state index in [2.05, 4.69) is 0 Å². The third kappa shape index (κ3) is 3.04. The summed E-state index contributed by atoms with van der Waals surface area (Å²) < 4.78 is 16.2. The quantitative estimate of drug-likeness (QED) is 0.583. The number of aliphatic hydroxyl groups excluding tert-OH is 1. The summed E-state index contributed by atoms with van der Waals surface area (Å²) in [6.07, 6.45) is 3.44. The van der Waals surface area contributed by atoms with Crippen LogP contribution in [0.2, 0.25) is 0 Å². The Kier molecular flexibility index (Phi) is 3.88. The lowest BCUT2D eigenvalue weighted by atomic mass is 10.3. The van der Waals surface area contributed by atoms with Gasteiger partial charge < -0.3 is 20.3 Å². The summed E-state index contributed by atoms with van der Waals surface area (Å²) >= 11 is 0. The van der Waals surface area contributed by atoms with Gasteiger partial charge in [0.15, 0.2) is 5.85 Å². The molecule has 4 N–H and O–H groups in total. The maximum absolute atomic E-state index is 11.3. The molecule has 0 aromatic heterocycles. The fourth-order valence-electron chi connectivity index (χ4n) is 1.41. The Bertz CT molecular complexity index is 205. The zero-order valence-electron chi connectivity index (χ0n) is 7.43. The van der Waals surface area contributed by atoms with Crippen molar-refractivity contribution in [2.75, 3.05) is 6.54 Å². The van der Waals surface area contributed by atoms with Crippen LogP contribution in [0.4, 0.5) is 0 Å². The summed E-state index contributed by atoms with van der Waals surface area (Å²) in [6.45, 7) is -0.250. The molecular weight excluding hydrogens is 193 g/mol. The van der Waals surface area contributed by atoms with E-state index in [0.29, 0.717) is 0 Å². The molecule has 0 aromatic rings. The van der Waals surface area contributed by atoms with E-state index in [1.165, 1.54) is 0 Å². The zero-order chi connectivity index (χ0) is 9.90. The summed E-state index contributed by atoms with van der Waals surface area (Å²) in [5.41, 5.74) is 5.07. The van der Waals surface area contributed by atoms with E-state index in [1.807, 2.05) is 0 Å². The van der Waals surface area contributed by atoms with Crippen LogP contribution in [-0.2, 0) is 9.09 Å². The molecule has 2 unspecified atom stereocenters. The zero-order valence-corrected chi connectivity index (χ0v) is 8.32. The second-order valence-corrected chi connectivity index (χ2v) is 5.23. The number of rotatable bonds is 4. The van der Waals surface area contributed by atoms with Gasteiger partial charge in [-0.25, -0.2) is 0 Å². The first-order valence-electron chi connectivity index (χ1n) is 4.45. The van der Waals surface area contributed by atoms with Gasteiger partial charge in [0.25, 0.3) is 0 Å². The van der Waals surface area contributed by atoms with Gasteiger partial charge in [-0.15, -0.1) is 0 Å². The summed E-state index contributed by atoms with van der Waals surface area (Å²) in [4.78, 5) is 9.25. The summed E-state index contributed by atoms with van der Waals surface area (Å²) in [6, 6.07) is 0. The fourth-order valence-corrected chi connectivity index (χ4v) is 2.46. The van der Waals surface area contributed by atoms with Crippen LogP contribution < -0.4 is 5.73 Å². The Labute approximate surface area is 77.4 Å². The van der Waals surface area contributed by atoms with E-state index in [1.54, 1.807) is 0 Å². The first-order valence-corrected chi connectivity index (χ1v) is 6.10. The van der Waals surface area contributed by atoms with E-state index in [0.717, 1.165) is 25.7 Å². The van der Waals surface area contributed by atoms with Crippen molar-refractivity contribution in [2.45, 2.75) is 37.6 Å².